The molecule has 7 atom stereocenters. The number of hydrogen-bond donors (Lipinski definition) is 0. The van der Waals surface area contributed by atoms with Crippen LogP contribution in [0, 0.1) is 45.3 Å². The van der Waals surface area contributed by atoms with Crippen LogP contribution in [0.15, 0.2) is 41.5 Å². The van der Waals surface area contributed by atoms with Crippen molar-refractivity contribution < 1.29 is 23.9 Å². The Kier molecular flexibility index (Phi) is 9.53. The molecule has 5 heteroatoms. The van der Waals surface area contributed by atoms with Gasteiger partial charge in [0.25, 0.3) is 0 Å². The highest BCUT2D eigenvalue weighted by Gasteiger charge is 2.69. The Morgan fingerprint density at radius 3 is 2.31 bits per heavy atom. The lowest BCUT2D eigenvalue weighted by molar-refractivity contribution is -0.152. The first-order valence-corrected chi connectivity index (χ1v) is 17.9. The fraction of sp³-hybridized carbons (Fsp3) is 0.725. The van der Waals surface area contributed by atoms with E-state index in [1.807, 2.05) is 37.3 Å². The summed E-state index contributed by atoms with van der Waals surface area (Å²) in [6.45, 7) is 18.4. The lowest BCUT2D eigenvalue weighted by Crippen LogP contribution is -2.57. The largest absolute Gasteiger partial charge is 0.466 e. The fourth-order valence-electron chi connectivity index (χ4n) is 11.0. The number of hydrogen-bond acceptors (Lipinski definition) is 5. The van der Waals surface area contributed by atoms with Gasteiger partial charge in [-0.05, 0) is 92.1 Å². The molecule has 1 aromatic rings. The van der Waals surface area contributed by atoms with Gasteiger partial charge in [0.1, 0.15) is 11.9 Å². The van der Waals surface area contributed by atoms with E-state index in [-0.39, 0.29) is 52.4 Å². The monoisotopic (exact) mass is 618 g/mol. The third-order valence-corrected chi connectivity index (χ3v) is 13.3. The van der Waals surface area contributed by atoms with E-state index >= 15 is 0 Å². The van der Waals surface area contributed by atoms with E-state index in [1.54, 1.807) is 0 Å². The van der Waals surface area contributed by atoms with Gasteiger partial charge < -0.3 is 9.47 Å². The van der Waals surface area contributed by atoms with E-state index in [0.717, 1.165) is 44.9 Å². The van der Waals surface area contributed by atoms with Crippen molar-refractivity contribution in [2.24, 2.45) is 45.3 Å². The number of esters is 2. The van der Waals surface area contributed by atoms with Crippen molar-refractivity contribution in [3.8, 4) is 0 Å². The van der Waals surface area contributed by atoms with Crippen molar-refractivity contribution in [2.45, 2.75) is 132 Å². The van der Waals surface area contributed by atoms with Crippen LogP contribution in [0.4, 0.5) is 0 Å². The molecule has 1 unspecified atom stereocenters. The minimum atomic E-state index is -0.779. The van der Waals surface area contributed by atoms with Gasteiger partial charge in [-0.25, -0.2) is 4.79 Å². The molecule has 4 aliphatic carbocycles. The maximum absolute atomic E-state index is 14.6. The average Bonchev–Trinajstić information content (AvgIpc) is 3.21. The molecule has 0 heterocycles. The Labute approximate surface area is 272 Å². The molecular formula is C40H58O5. The molecule has 0 N–H and O–H groups in total. The van der Waals surface area contributed by atoms with Crippen molar-refractivity contribution in [1.29, 1.82) is 0 Å². The van der Waals surface area contributed by atoms with E-state index in [0.29, 0.717) is 36.3 Å². The molecule has 0 aliphatic heterocycles. The van der Waals surface area contributed by atoms with Crippen molar-refractivity contribution >= 4 is 17.7 Å². The molecule has 2 fully saturated rings. The molecule has 0 amide bonds. The summed E-state index contributed by atoms with van der Waals surface area (Å²) in [4.78, 5) is 41.2. The van der Waals surface area contributed by atoms with Crippen LogP contribution >= 0.6 is 0 Å². The Morgan fingerprint density at radius 2 is 1.64 bits per heavy atom. The summed E-state index contributed by atoms with van der Waals surface area (Å²) >= 11 is 0. The highest BCUT2D eigenvalue weighted by Crippen LogP contribution is 2.72. The normalized spacial score (nSPS) is 34.5. The van der Waals surface area contributed by atoms with E-state index < -0.39 is 5.41 Å². The molecule has 4 aliphatic rings. The Balaban J connectivity index is 1.50. The second-order valence-electron chi connectivity index (χ2n) is 16.4. The van der Waals surface area contributed by atoms with Crippen LogP contribution in [0.2, 0.25) is 0 Å². The minimum absolute atomic E-state index is 0.100. The van der Waals surface area contributed by atoms with Crippen LogP contribution in [-0.2, 0) is 19.1 Å². The SMILES string of the molecule is CCOC(=O)C[C@@]12C(=O)C[C@H]([C@H](C)CCCC(C)C)[C@@]1(C)CCC1=C2CCC2C(C)(C)[C@@H](OC(=O)c3ccccc3)CC[C@]12C. The molecular weight excluding hydrogens is 560 g/mol. The van der Waals surface area contributed by atoms with E-state index in [9.17, 15) is 14.4 Å². The first kappa shape index (κ1) is 33.9. The summed E-state index contributed by atoms with van der Waals surface area (Å²) in [7, 11) is 0. The van der Waals surface area contributed by atoms with Gasteiger partial charge in [0.2, 0.25) is 0 Å². The zero-order valence-corrected chi connectivity index (χ0v) is 29.3. The number of ether oxygens (including phenoxy) is 2. The maximum atomic E-state index is 14.6. The molecule has 2 saturated carbocycles. The van der Waals surface area contributed by atoms with Gasteiger partial charge in [0, 0.05) is 11.8 Å². The van der Waals surface area contributed by atoms with E-state index in [4.69, 9.17) is 9.47 Å². The zero-order chi connectivity index (χ0) is 32.8. The molecule has 0 saturated heterocycles. The van der Waals surface area contributed by atoms with Crippen molar-refractivity contribution in [3.63, 3.8) is 0 Å². The molecule has 45 heavy (non-hydrogen) atoms. The summed E-state index contributed by atoms with van der Waals surface area (Å²) in [6, 6.07) is 9.30. The van der Waals surface area contributed by atoms with Crippen LogP contribution in [0.25, 0.3) is 0 Å². The van der Waals surface area contributed by atoms with E-state index in [2.05, 4.69) is 48.5 Å². The average molecular weight is 619 g/mol. The maximum Gasteiger partial charge on any atom is 0.338 e. The Morgan fingerprint density at radius 1 is 0.933 bits per heavy atom. The summed E-state index contributed by atoms with van der Waals surface area (Å²) < 4.78 is 11.8. The molecule has 5 nitrogen and oxygen atoms in total. The third kappa shape index (κ3) is 5.63. The topological polar surface area (TPSA) is 69.7 Å². The quantitative estimate of drug-likeness (QED) is 0.193. The second-order valence-corrected chi connectivity index (χ2v) is 16.4. The lowest BCUT2D eigenvalue weighted by atomic mass is 9.42. The number of fused-ring (bicyclic) bond motifs is 4. The summed E-state index contributed by atoms with van der Waals surface area (Å²) in [5.41, 5.74) is 1.95. The number of carbonyl (C=O) groups is 3. The molecule has 5 rings (SSSR count). The second kappa shape index (κ2) is 12.6. The highest BCUT2D eigenvalue weighted by molar-refractivity contribution is 5.96. The zero-order valence-electron chi connectivity index (χ0n) is 29.3. The number of allylic oxidation sites excluding steroid dienone is 2. The number of ketones is 1. The van der Waals surface area contributed by atoms with Crippen LogP contribution in [0.1, 0.15) is 136 Å². The van der Waals surface area contributed by atoms with Crippen LogP contribution in [0.5, 0.6) is 0 Å². The van der Waals surface area contributed by atoms with Gasteiger partial charge in [0.05, 0.1) is 24.0 Å². The summed E-state index contributed by atoms with van der Waals surface area (Å²) in [6.07, 6.45) is 9.49. The molecule has 0 radical (unpaired) electrons. The van der Waals surface area contributed by atoms with Gasteiger partial charge in [-0.1, -0.05) is 97.1 Å². The van der Waals surface area contributed by atoms with Gasteiger partial charge in [-0.15, -0.1) is 0 Å². The van der Waals surface area contributed by atoms with Crippen LogP contribution in [-0.4, -0.2) is 30.4 Å². The molecule has 0 aromatic heterocycles. The number of rotatable bonds is 10. The first-order valence-electron chi connectivity index (χ1n) is 17.9. The Bertz CT molecular complexity index is 1310. The van der Waals surface area contributed by atoms with Crippen molar-refractivity contribution in [1.82, 2.24) is 0 Å². The summed E-state index contributed by atoms with van der Waals surface area (Å²) in [5.74, 6) is 1.50. The van der Waals surface area contributed by atoms with Crippen LogP contribution < -0.4 is 0 Å². The number of carbonyl (C=O) groups excluding carboxylic acids is 3. The van der Waals surface area contributed by atoms with Gasteiger partial charge in [-0.2, -0.15) is 0 Å². The predicted octanol–water partition coefficient (Wildman–Crippen LogP) is 9.54. The van der Waals surface area contributed by atoms with E-state index in [1.165, 1.54) is 24.0 Å². The number of Topliss-reactive ketones (excluding diaryl/α,β-unsaturated/α-hetero) is 1. The van der Waals surface area contributed by atoms with Gasteiger partial charge in [0.15, 0.2) is 0 Å². The molecule has 1 aromatic carbocycles. The van der Waals surface area contributed by atoms with Crippen LogP contribution in [0.3, 0.4) is 0 Å². The number of benzene rings is 1. The molecule has 248 valence electrons. The predicted molar refractivity (Wildman–Crippen MR) is 179 cm³/mol. The molecule has 0 bridgehead atoms. The lowest BCUT2D eigenvalue weighted by Gasteiger charge is -2.62. The molecule has 0 spiro atoms. The highest BCUT2D eigenvalue weighted by atomic mass is 16.5. The van der Waals surface area contributed by atoms with Crippen molar-refractivity contribution in [3.05, 3.63) is 47.0 Å². The van der Waals surface area contributed by atoms with Crippen molar-refractivity contribution in [2.75, 3.05) is 6.61 Å². The first-order chi connectivity index (χ1) is 21.2. The minimum Gasteiger partial charge on any atom is -0.466 e. The van der Waals surface area contributed by atoms with Gasteiger partial charge in [-0.3, -0.25) is 9.59 Å². The van der Waals surface area contributed by atoms with Gasteiger partial charge >= 0.3 is 11.9 Å². The third-order valence-electron chi connectivity index (χ3n) is 13.3. The Hall–Kier alpha value is -2.43. The standard InChI is InChI=1S/C40H58O5/c1-9-44-35(42)25-40-30-18-19-32-37(5,6)34(45-36(43)28-16-11-10-12-17-28)21-22-38(32,7)29(30)20-23-39(40,8)31(24-33(40)41)27(4)15-13-14-26(2)3/h10-12,16-17,26-27,31-32,34H,9,13-15,18-25H2,1-8H3/t27-,31-,32?,34+,38-,39-,40-/m1/s1. The summed E-state index contributed by atoms with van der Waals surface area (Å²) in [5, 5.41) is 0. The fourth-order valence-corrected chi connectivity index (χ4v) is 11.0. The smallest absolute Gasteiger partial charge is 0.338 e.